The number of carbonyl (C=O) groups excluding carboxylic acids is 2. The lowest BCUT2D eigenvalue weighted by molar-refractivity contribution is -0.124. The van der Waals surface area contributed by atoms with E-state index < -0.39 is 23.0 Å². The third-order valence-electron chi connectivity index (χ3n) is 4.29. The number of carbonyl (C=O) groups is 2. The molecule has 1 atom stereocenters. The van der Waals surface area contributed by atoms with Gasteiger partial charge >= 0.3 is 0 Å². The molecule has 3 heterocycles. The second kappa shape index (κ2) is 7.26. The topological polar surface area (TPSA) is 111 Å². The minimum absolute atomic E-state index is 0.0315. The Labute approximate surface area is 175 Å². The number of hydrogen-bond donors (Lipinski definition) is 2. The fourth-order valence-electron chi connectivity index (χ4n) is 3.03. The van der Waals surface area contributed by atoms with Crippen molar-refractivity contribution in [3.63, 3.8) is 0 Å². The first-order valence-electron chi connectivity index (χ1n) is 8.19. The molecule has 0 aliphatic carbocycles. The summed E-state index contributed by atoms with van der Waals surface area (Å²) in [6, 6.07) is 4.94. The lowest BCUT2D eigenvalue weighted by atomic mass is 10.1. The number of halogens is 1. The highest BCUT2D eigenvalue weighted by molar-refractivity contribution is 7.81. The van der Waals surface area contributed by atoms with Crippen molar-refractivity contribution in [1.29, 1.82) is 0 Å². The van der Waals surface area contributed by atoms with Gasteiger partial charge in [-0.25, -0.2) is 13.5 Å². The number of H-pyrrole nitrogens is 1. The zero-order chi connectivity index (χ0) is 20.9. The van der Waals surface area contributed by atoms with Crippen molar-refractivity contribution >= 4 is 73.3 Å². The number of benzene rings is 1. The van der Waals surface area contributed by atoms with E-state index in [0.29, 0.717) is 15.9 Å². The average Bonchev–Trinajstić information content (AvgIpc) is 3.36. The highest BCUT2D eigenvalue weighted by atomic mass is 35.5. The lowest BCUT2D eigenvalue weighted by Crippen LogP contribution is -2.30. The van der Waals surface area contributed by atoms with E-state index in [-0.39, 0.29) is 22.2 Å². The van der Waals surface area contributed by atoms with E-state index in [1.807, 2.05) is 0 Å². The number of thiazole rings is 1. The molecule has 9 nitrogen and oxygen atoms in total. The number of aromatic amines is 1. The number of likely N-dealkylation sites (N-methyl/N-ethyl adjacent to an activating group) is 1. The van der Waals surface area contributed by atoms with Crippen LogP contribution in [0.5, 0.6) is 0 Å². The molecule has 0 saturated carbocycles. The van der Waals surface area contributed by atoms with Crippen LogP contribution in [0.3, 0.4) is 0 Å². The van der Waals surface area contributed by atoms with Crippen molar-refractivity contribution < 1.29 is 18.4 Å². The Morgan fingerprint density at radius 1 is 1.34 bits per heavy atom. The maximum Gasteiger partial charge on any atom is 0.294 e. The molecule has 1 unspecified atom stereocenters. The summed E-state index contributed by atoms with van der Waals surface area (Å²) < 4.78 is 25.1. The lowest BCUT2D eigenvalue weighted by Gasteiger charge is -2.21. The molecule has 0 bridgehead atoms. The number of anilines is 2. The van der Waals surface area contributed by atoms with Gasteiger partial charge in [0, 0.05) is 42.8 Å². The van der Waals surface area contributed by atoms with Gasteiger partial charge in [-0.15, -0.1) is 11.3 Å². The van der Waals surface area contributed by atoms with Crippen LogP contribution >= 0.6 is 22.9 Å². The number of fused-ring (bicyclic) bond motifs is 2. The van der Waals surface area contributed by atoms with Gasteiger partial charge in [-0.2, -0.15) is 0 Å². The molecule has 0 saturated heterocycles. The van der Waals surface area contributed by atoms with Crippen LogP contribution in [0, 0.1) is 0 Å². The third-order valence-corrected chi connectivity index (χ3v) is 5.98. The van der Waals surface area contributed by atoms with Gasteiger partial charge < -0.3 is 9.88 Å². The summed E-state index contributed by atoms with van der Waals surface area (Å²) in [4.78, 5) is 33.8. The van der Waals surface area contributed by atoms with Gasteiger partial charge in [0.2, 0.25) is 0 Å². The number of amides is 1. The molecule has 1 amide bonds. The molecule has 4 rings (SSSR count). The minimum atomic E-state index is -2.54. The number of nitrogens with one attached hydrogen (secondary N) is 1. The number of hydrogen-bond acceptors (Lipinski definition) is 5. The SMILES string of the molecule is CN(C)C(=O)C(=O)c1c[nH]c2cccc(N(c3c(Cl)nc4sccn34)S(=O)O)c12. The fourth-order valence-corrected chi connectivity index (χ4v) is 4.74. The second-order valence-corrected chi connectivity index (χ2v) is 8.30. The Morgan fingerprint density at radius 2 is 2.10 bits per heavy atom. The molecule has 29 heavy (non-hydrogen) atoms. The van der Waals surface area contributed by atoms with Crippen LogP contribution in [0.1, 0.15) is 10.4 Å². The smallest absolute Gasteiger partial charge is 0.294 e. The van der Waals surface area contributed by atoms with Gasteiger partial charge in [-0.3, -0.25) is 18.5 Å². The largest absolute Gasteiger partial charge is 0.360 e. The number of ketones is 1. The molecule has 3 aromatic heterocycles. The van der Waals surface area contributed by atoms with Gasteiger partial charge in [-0.1, -0.05) is 17.7 Å². The minimum Gasteiger partial charge on any atom is -0.360 e. The normalized spacial score (nSPS) is 12.4. The molecular formula is C17H14ClN5O4S2. The van der Waals surface area contributed by atoms with Crippen molar-refractivity contribution in [3.05, 3.63) is 46.7 Å². The summed E-state index contributed by atoms with van der Waals surface area (Å²) in [7, 11) is 2.95. The number of imidazole rings is 1. The molecule has 1 aromatic carbocycles. The van der Waals surface area contributed by atoms with Crippen LogP contribution in [-0.2, 0) is 16.1 Å². The Balaban J connectivity index is 1.99. The molecule has 0 fully saturated rings. The molecule has 0 aliphatic rings. The Morgan fingerprint density at radius 3 is 2.79 bits per heavy atom. The third kappa shape index (κ3) is 3.12. The maximum atomic E-state index is 12.7. The molecule has 12 heteroatoms. The second-order valence-electron chi connectivity index (χ2n) is 6.24. The van der Waals surface area contributed by atoms with Gasteiger partial charge in [0.05, 0.1) is 11.3 Å². The molecule has 150 valence electrons. The summed E-state index contributed by atoms with van der Waals surface area (Å²) in [6.45, 7) is 0. The van der Waals surface area contributed by atoms with Crippen molar-refractivity contribution in [1.82, 2.24) is 19.3 Å². The molecule has 0 aliphatic heterocycles. The summed E-state index contributed by atoms with van der Waals surface area (Å²) >= 11 is 5.04. The number of aromatic nitrogens is 3. The average molecular weight is 452 g/mol. The van der Waals surface area contributed by atoms with Gasteiger partial charge in [-0.05, 0) is 12.1 Å². The first-order chi connectivity index (χ1) is 13.8. The van der Waals surface area contributed by atoms with Crippen molar-refractivity contribution in [2.75, 3.05) is 18.4 Å². The van der Waals surface area contributed by atoms with Crippen LogP contribution in [0.25, 0.3) is 15.9 Å². The zero-order valence-corrected chi connectivity index (χ0v) is 17.5. The quantitative estimate of drug-likeness (QED) is 0.275. The predicted molar refractivity (Wildman–Crippen MR) is 112 cm³/mol. The summed E-state index contributed by atoms with van der Waals surface area (Å²) in [5.41, 5.74) is 0.844. The van der Waals surface area contributed by atoms with E-state index in [0.717, 1.165) is 4.31 Å². The number of Topliss-reactive ketones (excluding diaryl/α,β-unsaturated/α-hetero) is 1. The number of rotatable bonds is 5. The maximum absolute atomic E-state index is 12.7. The van der Waals surface area contributed by atoms with E-state index in [1.54, 1.807) is 34.2 Å². The van der Waals surface area contributed by atoms with Crippen molar-refractivity contribution in [3.8, 4) is 0 Å². The highest BCUT2D eigenvalue weighted by Crippen LogP contribution is 2.39. The van der Waals surface area contributed by atoms with E-state index in [9.17, 15) is 18.4 Å². The van der Waals surface area contributed by atoms with Crippen molar-refractivity contribution in [2.24, 2.45) is 0 Å². The molecule has 2 N–H and O–H groups in total. The molecule has 0 radical (unpaired) electrons. The number of nitrogens with zero attached hydrogens (tertiary/aromatic N) is 4. The van der Waals surface area contributed by atoms with Gasteiger partial charge in [0.15, 0.2) is 15.9 Å². The Hall–Kier alpha value is -2.73. The Bertz CT molecular complexity index is 1290. The van der Waals surface area contributed by atoms with Gasteiger partial charge in [0.1, 0.15) is 0 Å². The summed E-state index contributed by atoms with van der Waals surface area (Å²) in [6.07, 6.45) is 3.08. The first-order valence-corrected chi connectivity index (χ1v) is 10.5. The van der Waals surface area contributed by atoms with E-state index in [2.05, 4.69) is 9.97 Å². The van der Waals surface area contributed by atoms with Crippen molar-refractivity contribution in [2.45, 2.75) is 0 Å². The highest BCUT2D eigenvalue weighted by Gasteiger charge is 2.29. The monoisotopic (exact) mass is 451 g/mol. The molecular weight excluding hydrogens is 438 g/mol. The van der Waals surface area contributed by atoms with E-state index in [1.165, 1.54) is 36.5 Å². The first kappa shape index (κ1) is 19.6. The fraction of sp³-hybridized carbons (Fsp3) is 0.118. The molecule has 0 spiro atoms. The van der Waals surface area contributed by atoms with E-state index in [4.69, 9.17) is 11.6 Å². The molecule has 4 aromatic rings. The predicted octanol–water partition coefficient (Wildman–Crippen LogP) is 3.08. The Kier molecular flexibility index (Phi) is 4.90. The standard InChI is InChI=1S/C17H14ClN5O4S2/c1-21(2)16(25)13(24)9-8-19-10-4-3-5-11(12(9)10)23(29(26)27)15-14(18)20-17-22(15)6-7-28-17/h3-8,19H,1-2H3,(H,26,27). The summed E-state index contributed by atoms with van der Waals surface area (Å²) in [5, 5.41) is 2.13. The van der Waals surface area contributed by atoms with Crippen LogP contribution < -0.4 is 4.31 Å². The summed E-state index contributed by atoms with van der Waals surface area (Å²) in [5.74, 6) is -1.27. The van der Waals surface area contributed by atoms with Crippen LogP contribution in [0.4, 0.5) is 11.5 Å². The van der Waals surface area contributed by atoms with Gasteiger partial charge in [0.25, 0.3) is 23.0 Å². The zero-order valence-electron chi connectivity index (χ0n) is 15.1. The van der Waals surface area contributed by atoms with E-state index >= 15 is 0 Å². The van der Waals surface area contributed by atoms with Crippen LogP contribution in [-0.4, -0.2) is 53.8 Å². The van der Waals surface area contributed by atoms with Crippen LogP contribution in [0.15, 0.2) is 36.0 Å². The van der Waals surface area contributed by atoms with Crippen LogP contribution in [0.2, 0.25) is 5.15 Å².